The van der Waals surface area contributed by atoms with Gasteiger partial charge in [0.05, 0.1) is 0 Å². The Morgan fingerprint density at radius 2 is 2.00 bits per heavy atom. The summed E-state index contributed by atoms with van der Waals surface area (Å²) >= 11 is 0. The van der Waals surface area contributed by atoms with Crippen molar-refractivity contribution in [3.05, 3.63) is 0 Å². The van der Waals surface area contributed by atoms with Crippen LogP contribution in [0.4, 0.5) is 0 Å². The van der Waals surface area contributed by atoms with Crippen LogP contribution >= 0.6 is 0 Å². The molecule has 1 amide bonds. The zero-order chi connectivity index (χ0) is 12.2. The van der Waals surface area contributed by atoms with Crippen LogP contribution in [0.2, 0.25) is 0 Å². The zero-order valence-corrected chi connectivity index (χ0v) is 11.0. The van der Waals surface area contributed by atoms with E-state index in [1.807, 2.05) is 11.9 Å². The van der Waals surface area contributed by atoms with Crippen molar-refractivity contribution in [2.24, 2.45) is 11.1 Å². The highest BCUT2D eigenvalue weighted by molar-refractivity contribution is 5.76. The van der Waals surface area contributed by atoms with Crippen molar-refractivity contribution in [2.45, 2.75) is 58.4 Å². The maximum absolute atomic E-state index is 11.9. The summed E-state index contributed by atoms with van der Waals surface area (Å²) < 4.78 is 0. The van der Waals surface area contributed by atoms with E-state index in [-0.39, 0.29) is 5.41 Å². The quantitative estimate of drug-likeness (QED) is 0.754. The van der Waals surface area contributed by atoms with Gasteiger partial charge in [-0.05, 0) is 44.1 Å². The molecule has 1 saturated carbocycles. The van der Waals surface area contributed by atoms with Crippen molar-refractivity contribution in [2.75, 3.05) is 13.6 Å². The Hall–Kier alpha value is -0.570. The fraction of sp³-hybridized carbons (Fsp3) is 0.923. The number of rotatable bonds is 6. The maximum Gasteiger partial charge on any atom is 0.222 e. The monoisotopic (exact) mass is 226 g/mol. The van der Waals surface area contributed by atoms with Crippen molar-refractivity contribution >= 4 is 5.91 Å². The summed E-state index contributed by atoms with van der Waals surface area (Å²) in [4.78, 5) is 13.9. The van der Waals surface area contributed by atoms with Crippen LogP contribution in [0.25, 0.3) is 0 Å². The van der Waals surface area contributed by atoms with Crippen molar-refractivity contribution < 1.29 is 4.79 Å². The number of nitrogens with zero attached hydrogens (tertiary/aromatic N) is 1. The van der Waals surface area contributed by atoms with Crippen LogP contribution in [0.3, 0.4) is 0 Å². The highest BCUT2D eigenvalue weighted by Gasteiger charge is 2.26. The van der Waals surface area contributed by atoms with Crippen LogP contribution in [-0.4, -0.2) is 30.4 Å². The summed E-state index contributed by atoms with van der Waals surface area (Å²) in [6.45, 7) is 5.09. The topological polar surface area (TPSA) is 46.3 Å². The van der Waals surface area contributed by atoms with Gasteiger partial charge in [0.15, 0.2) is 0 Å². The van der Waals surface area contributed by atoms with Crippen LogP contribution < -0.4 is 5.73 Å². The van der Waals surface area contributed by atoms with Gasteiger partial charge in [0.1, 0.15) is 0 Å². The third-order valence-electron chi connectivity index (χ3n) is 3.85. The molecule has 0 aromatic rings. The second kappa shape index (κ2) is 5.67. The standard InChI is InChI=1S/C13H26N2O/c1-13(2,9-10-14)8-7-12(16)15(3)11-5-4-6-11/h11H,4-10,14H2,1-3H3. The van der Waals surface area contributed by atoms with Crippen LogP contribution in [0.1, 0.15) is 52.4 Å². The zero-order valence-electron chi connectivity index (χ0n) is 11.0. The summed E-state index contributed by atoms with van der Waals surface area (Å²) in [5.41, 5.74) is 5.76. The normalized spacial score (nSPS) is 17.0. The van der Waals surface area contributed by atoms with Gasteiger partial charge >= 0.3 is 0 Å². The molecular formula is C13H26N2O. The van der Waals surface area contributed by atoms with Crippen LogP contribution in [-0.2, 0) is 4.79 Å². The third-order valence-corrected chi connectivity index (χ3v) is 3.85. The molecule has 3 heteroatoms. The number of nitrogens with two attached hydrogens (primary N) is 1. The molecule has 1 fully saturated rings. The fourth-order valence-corrected chi connectivity index (χ4v) is 2.12. The Labute approximate surface area is 99.4 Å². The van der Waals surface area contributed by atoms with Gasteiger partial charge in [-0.1, -0.05) is 13.8 Å². The predicted molar refractivity (Wildman–Crippen MR) is 67.1 cm³/mol. The molecule has 0 radical (unpaired) electrons. The molecule has 16 heavy (non-hydrogen) atoms. The largest absolute Gasteiger partial charge is 0.343 e. The summed E-state index contributed by atoms with van der Waals surface area (Å²) in [6, 6.07) is 0.519. The van der Waals surface area contributed by atoms with Gasteiger partial charge < -0.3 is 10.6 Å². The molecule has 0 saturated heterocycles. The smallest absolute Gasteiger partial charge is 0.222 e. The lowest BCUT2D eigenvalue weighted by molar-refractivity contribution is -0.134. The Balaban J connectivity index is 2.28. The summed E-state index contributed by atoms with van der Waals surface area (Å²) in [5.74, 6) is 0.301. The van der Waals surface area contributed by atoms with Gasteiger partial charge in [-0.25, -0.2) is 0 Å². The first-order valence-electron chi connectivity index (χ1n) is 6.42. The average molecular weight is 226 g/mol. The highest BCUT2D eigenvalue weighted by Crippen LogP contribution is 2.28. The van der Waals surface area contributed by atoms with Gasteiger partial charge in [0, 0.05) is 19.5 Å². The maximum atomic E-state index is 11.9. The molecule has 3 nitrogen and oxygen atoms in total. The average Bonchev–Trinajstić information content (AvgIpc) is 2.11. The number of hydrogen-bond donors (Lipinski definition) is 1. The van der Waals surface area contributed by atoms with Crippen LogP contribution in [0.15, 0.2) is 0 Å². The molecule has 0 aromatic carbocycles. The van der Waals surface area contributed by atoms with E-state index < -0.39 is 0 Å². The Morgan fingerprint density at radius 3 is 2.44 bits per heavy atom. The Morgan fingerprint density at radius 1 is 1.38 bits per heavy atom. The van der Waals surface area contributed by atoms with E-state index in [1.165, 1.54) is 19.3 Å². The lowest BCUT2D eigenvalue weighted by Crippen LogP contribution is -2.41. The Bertz CT molecular complexity index is 234. The van der Waals surface area contributed by atoms with E-state index in [2.05, 4.69) is 13.8 Å². The summed E-state index contributed by atoms with van der Waals surface area (Å²) in [5, 5.41) is 0. The molecule has 0 unspecified atom stereocenters. The number of carbonyl (C=O) groups is 1. The molecule has 0 aromatic heterocycles. The second-order valence-corrected chi connectivity index (χ2v) is 5.79. The first-order valence-corrected chi connectivity index (χ1v) is 6.42. The molecule has 1 aliphatic carbocycles. The van der Waals surface area contributed by atoms with Crippen molar-refractivity contribution in [1.82, 2.24) is 4.90 Å². The van der Waals surface area contributed by atoms with Crippen molar-refractivity contribution in [3.8, 4) is 0 Å². The molecular weight excluding hydrogens is 200 g/mol. The molecule has 0 spiro atoms. The van der Waals surface area contributed by atoms with Gasteiger partial charge in [0.2, 0.25) is 5.91 Å². The third kappa shape index (κ3) is 3.78. The van der Waals surface area contributed by atoms with Gasteiger partial charge in [-0.15, -0.1) is 0 Å². The number of hydrogen-bond acceptors (Lipinski definition) is 2. The number of carbonyl (C=O) groups excluding carboxylic acids is 1. The minimum atomic E-state index is 0.199. The summed E-state index contributed by atoms with van der Waals surface area (Å²) in [7, 11) is 1.95. The predicted octanol–water partition coefficient (Wildman–Crippen LogP) is 2.15. The van der Waals surface area contributed by atoms with Crippen molar-refractivity contribution in [3.63, 3.8) is 0 Å². The second-order valence-electron chi connectivity index (χ2n) is 5.79. The van der Waals surface area contributed by atoms with E-state index in [0.717, 1.165) is 12.8 Å². The van der Waals surface area contributed by atoms with Crippen LogP contribution in [0.5, 0.6) is 0 Å². The van der Waals surface area contributed by atoms with E-state index in [9.17, 15) is 4.79 Å². The Kier molecular flexibility index (Phi) is 4.78. The van der Waals surface area contributed by atoms with E-state index >= 15 is 0 Å². The van der Waals surface area contributed by atoms with Crippen LogP contribution in [0, 0.1) is 5.41 Å². The first-order chi connectivity index (χ1) is 7.46. The minimum absolute atomic E-state index is 0.199. The van der Waals surface area contributed by atoms with Gasteiger partial charge in [0.25, 0.3) is 0 Å². The molecule has 1 aliphatic rings. The number of amides is 1. The molecule has 0 heterocycles. The molecule has 2 N–H and O–H groups in total. The van der Waals surface area contributed by atoms with Gasteiger partial charge in [-0.3, -0.25) is 4.79 Å². The lowest BCUT2D eigenvalue weighted by atomic mass is 9.84. The first kappa shape index (κ1) is 13.5. The van der Waals surface area contributed by atoms with E-state index in [0.29, 0.717) is 24.9 Å². The minimum Gasteiger partial charge on any atom is -0.343 e. The molecule has 0 bridgehead atoms. The van der Waals surface area contributed by atoms with Gasteiger partial charge in [-0.2, -0.15) is 0 Å². The van der Waals surface area contributed by atoms with E-state index in [4.69, 9.17) is 5.73 Å². The lowest BCUT2D eigenvalue weighted by Gasteiger charge is -2.35. The molecule has 94 valence electrons. The highest BCUT2D eigenvalue weighted by atomic mass is 16.2. The molecule has 0 aliphatic heterocycles. The fourth-order valence-electron chi connectivity index (χ4n) is 2.12. The SMILES string of the molecule is CN(C(=O)CCC(C)(C)CCN)C1CCC1. The van der Waals surface area contributed by atoms with Crippen molar-refractivity contribution in [1.29, 1.82) is 0 Å². The molecule has 1 rings (SSSR count). The van der Waals surface area contributed by atoms with E-state index in [1.54, 1.807) is 0 Å². The summed E-state index contributed by atoms with van der Waals surface area (Å²) in [6.07, 6.45) is 6.26. The molecule has 0 atom stereocenters.